The van der Waals surface area contributed by atoms with Crippen LogP contribution in [0.2, 0.25) is 16.6 Å². The lowest BCUT2D eigenvalue weighted by Crippen LogP contribution is -2.51. The Morgan fingerprint density at radius 2 is 1.38 bits per heavy atom. The van der Waals surface area contributed by atoms with Gasteiger partial charge in [-0.1, -0.05) is 84.0 Å². The quantitative estimate of drug-likeness (QED) is 0.106. The zero-order chi connectivity index (χ0) is 31.0. The van der Waals surface area contributed by atoms with E-state index < -0.39 is 31.8 Å². The monoisotopic (exact) mass is 594 g/mol. The van der Waals surface area contributed by atoms with Crippen molar-refractivity contribution in [2.24, 2.45) is 5.92 Å². The fraction of sp³-hybridized carbons (Fsp3) is 0.429. The second-order valence-corrected chi connectivity index (χ2v) is 17.4. The molecule has 0 aliphatic heterocycles. The van der Waals surface area contributed by atoms with Crippen molar-refractivity contribution in [3.63, 3.8) is 0 Å². The highest BCUT2D eigenvalue weighted by Gasteiger charge is 2.48. The summed E-state index contributed by atoms with van der Waals surface area (Å²) >= 11 is 0. The number of hydrogen-bond acceptors (Lipinski definition) is 4. The van der Waals surface area contributed by atoms with Crippen LogP contribution >= 0.6 is 0 Å². The third-order valence-corrected chi connectivity index (χ3v) is 14.5. The number of aldehydes is 1. The molecule has 0 aliphatic carbocycles. The maximum absolute atomic E-state index is 15.6. The van der Waals surface area contributed by atoms with E-state index in [0.29, 0.717) is 30.4 Å². The highest BCUT2D eigenvalue weighted by atomic mass is 28.4. The van der Waals surface area contributed by atoms with Gasteiger partial charge in [0.1, 0.15) is 6.29 Å². The molecule has 0 aliphatic rings. The zero-order valence-corrected chi connectivity index (χ0v) is 26.8. The summed E-state index contributed by atoms with van der Waals surface area (Å²) < 4.78 is 42.4. The molecule has 0 aromatic heterocycles. The van der Waals surface area contributed by atoms with Crippen molar-refractivity contribution in [1.29, 1.82) is 0 Å². The number of rotatable bonds is 14. The lowest BCUT2D eigenvalue weighted by Gasteiger charge is -2.42. The van der Waals surface area contributed by atoms with E-state index >= 15 is 8.78 Å². The second kappa shape index (κ2) is 14.7. The molecule has 2 unspecified atom stereocenters. The fourth-order valence-electron chi connectivity index (χ4n) is 6.45. The molecule has 0 saturated carbocycles. The SMILES string of the molecule is COC(=O)c1ccc(CCC(C=O)C(Cc2cc(F)c(O[Si](C(C)C)(C(C)C)C(C)C)c(F)c2)c2ccccc2)cc1. The van der Waals surface area contributed by atoms with Gasteiger partial charge in [0.2, 0.25) is 0 Å². The summed E-state index contributed by atoms with van der Waals surface area (Å²) in [6.45, 7) is 12.5. The molecule has 3 rings (SSSR count). The first kappa shape index (κ1) is 33.2. The smallest absolute Gasteiger partial charge is 0.337 e. The van der Waals surface area contributed by atoms with Crippen LogP contribution in [-0.2, 0) is 22.4 Å². The summed E-state index contributed by atoms with van der Waals surface area (Å²) in [4.78, 5) is 24.2. The molecular weight excluding hydrogens is 550 g/mol. The third-order valence-electron chi connectivity index (χ3n) is 8.56. The molecule has 0 N–H and O–H groups in total. The molecule has 0 heterocycles. The van der Waals surface area contributed by atoms with E-state index in [-0.39, 0.29) is 28.3 Å². The van der Waals surface area contributed by atoms with Crippen LogP contribution in [-0.4, -0.2) is 27.7 Å². The number of benzene rings is 3. The summed E-state index contributed by atoms with van der Waals surface area (Å²) in [7, 11) is -1.23. The minimum atomic E-state index is -2.56. The van der Waals surface area contributed by atoms with Crippen LogP contribution in [0.4, 0.5) is 8.78 Å². The van der Waals surface area contributed by atoms with Gasteiger partial charge in [0.15, 0.2) is 17.4 Å². The summed E-state index contributed by atoms with van der Waals surface area (Å²) in [5, 5.41) is 0. The maximum Gasteiger partial charge on any atom is 0.337 e. The van der Waals surface area contributed by atoms with Crippen molar-refractivity contribution >= 4 is 20.6 Å². The first-order valence-electron chi connectivity index (χ1n) is 14.8. The Balaban J connectivity index is 1.89. The van der Waals surface area contributed by atoms with Gasteiger partial charge in [-0.25, -0.2) is 13.6 Å². The van der Waals surface area contributed by atoms with Crippen LogP contribution in [0.15, 0.2) is 66.7 Å². The van der Waals surface area contributed by atoms with Crippen molar-refractivity contribution in [2.75, 3.05) is 7.11 Å². The van der Waals surface area contributed by atoms with E-state index in [4.69, 9.17) is 9.16 Å². The number of esters is 1. The summed E-state index contributed by atoms with van der Waals surface area (Å²) in [6, 6.07) is 19.4. The predicted molar refractivity (Wildman–Crippen MR) is 167 cm³/mol. The van der Waals surface area contributed by atoms with Gasteiger partial charge in [-0.15, -0.1) is 0 Å². The van der Waals surface area contributed by atoms with E-state index in [2.05, 4.69) is 41.5 Å². The zero-order valence-electron chi connectivity index (χ0n) is 25.8. The minimum absolute atomic E-state index is 0.170. The van der Waals surface area contributed by atoms with Gasteiger partial charge in [-0.3, -0.25) is 0 Å². The van der Waals surface area contributed by atoms with Gasteiger partial charge in [-0.2, -0.15) is 0 Å². The maximum atomic E-state index is 15.6. The Kier molecular flexibility index (Phi) is 11.6. The highest BCUT2D eigenvalue weighted by molar-refractivity contribution is 6.78. The molecule has 3 aromatic carbocycles. The van der Waals surface area contributed by atoms with Gasteiger partial charge in [0.25, 0.3) is 8.32 Å². The van der Waals surface area contributed by atoms with Gasteiger partial charge in [-0.05, 0) is 82.8 Å². The van der Waals surface area contributed by atoms with E-state index in [0.717, 1.165) is 17.4 Å². The van der Waals surface area contributed by atoms with Crippen molar-refractivity contribution in [3.05, 3.63) is 101 Å². The first-order chi connectivity index (χ1) is 19.9. The molecule has 0 spiro atoms. The molecule has 0 fully saturated rings. The second-order valence-electron chi connectivity index (χ2n) is 12.1. The number of hydrogen-bond donors (Lipinski definition) is 0. The Hall–Kier alpha value is -3.32. The Labute approximate surface area is 250 Å². The van der Waals surface area contributed by atoms with E-state index in [9.17, 15) is 9.59 Å². The number of aryl methyl sites for hydroxylation is 1. The third kappa shape index (κ3) is 7.54. The molecule has 0 radical (unpaired) electrons. The van der Waals surface area contributed by atoms with Crippen LogP contribution in [0, 0.1) is 17.6 Å². The number of ether oxygens (including phenoxy) is 1. The van der Waals surface area contributed by atoms with Crippen LogP contribution in [0.5, 0.6) is 5.75 Å². The van der Waals surface area contributed by atoms with E-state index in [1.165, 1.54) is 19.2 Å². The predicted octanol–water partition coefficient (Wildman–Crippen LogP) is 9.08. The Morgan fingerprint density at radius 1 is 0.833 bits per heavy atom. The van der Waals surface area contributed by atoms with E-state index in [1.807, 2.05) is 42.5 Å². The largest absolute Gasteiger partial charge is 0.539 e. The van der Waals surface area contributed by atoms with Crippen LogP contribution in [0.3, 0.4) is 0 Å². The number of carbonyl (C=O) groups excluding carboxylic acids is 2. The molecule has 0 amide bonds. The Bertz CT molecular complexity index is 1280. The summed E-state index contributed by atoms with van der Waals surface area (Å²) in [5.74, 6) is -2.78. The van der Waals surface area contributed by atoms with Gasteiger partial charge >= 0.3 is 5.97 Å². The molecule has 7 heteroatoms. The van der Waals surface area contributed by atoms with Crippen molar-refractivity contribution in [2.45, 2.75) is 83.3 Å². The molecule has 0 bridgehead atoms. The van der Waals surface area contributed by atoms with Crippen molar-refractivity contribution < 1.29 is 27.5 Å². The van der Waals surface area contributed by atoms with Crippen LogP contribution in [0.25, 0.3) is 0 Å². The summed E-state index contributed by atoms with van der Waals surface area (Å²) in [5.41, 5.74) is 3.36. The van der Waals surface area contributed by atoms with Crippen molar-refractivity contribution in [3.8, 4) is 5.75 Å². The molecule has 226 valence electrons. The number of halogens is 2. The van der Waals surface area contributed by atoms with Crippen LogP contribution < -0.4 is 4.43 Å². The molecule has 3 aromatic rings. The molecule has 42 heavy (non-hydrogen) atoms. The lowest BCUT2D eigenvalue weighted by atomic mass is 9.79. The Morgan fingerprint density at radius 3 is 1.86 bits per heavy atom. The normalized spacial score (nSPS) is 13.3. The van der Waals surface area contributed by atoms with Gasteiger partial charge in [0, 0.05) is 5.92 Å². The average Bonchev–Trinajstić information content (AvgIpc) is 2.96. The topological polar surface area (TPSA) is 52.6 Å². The molecular formula is C35H44F2O4Si. The highest BCUT2D eigenvalue weighted by Crippen LogP contribution is 2.44. The lowest BCUT2D eigenvalue weighted by molar-refractivity contribution is -0.111. The molecule has 0 saturated heterocycles. The van der Waals surface area contributed by atoms with E-state index in [1.54, 1.807) is 12.1 Å². The minimum Gasteiger partial charge on any atom is -0.539 e. The average molecular weight is 595 g/mol. The fourth-order valence-corrected chi connectivity index (χ4v) is 11.7. The first-order valence-corrected chi connectivity index (χ1v) is 16.9. The molecule has 2 atom stereocenters. The standard InChI is InChI=1S/C35H44F2O4Si/c1-23(2)42(24(3)4,25(5)6)41-34-32(36)20-27(21-33(34)37)19-31(28-11-9-8-10-12-28)30(22-38)18-15-26-13-16-29(17-14-26)35(39)40-7/h8-14,16-17,20-25,30-31H,15,18-19H2,1-7H3. The number of carbonyl (C=O) groups is 2. The van der Waals surface area contributed by atoms with Gasteiger partial charge < -0.3 is 14.0 Å². The molecule has 4 nitrogen and oxygen atoms in total. The number of methoxy groups -OCH3 is 1. The van der Waals surface area contributed by atoms with Crippen molar-refractivity contribution in [1.82, 2.24) is 0 Å². The summed E-state index contributed by atoms with van der Waals surface area (Å²) in [6.07, 6.45) is 2.39. The van der Waals surface area contributed by atoms with Crippen LogP contribution in [0.1, 0.15) is 80.9 Å². The van der Waals surface area contributed by atoms with Gasteiger partial charge in [0.05, 0.1) is 12.7 Å².